The predicted molar refractivity (Wildman–Crippen MR) is 49.6 cm³/mol. The van der Waals surface area contributed by atoms with Crippen molar-refractivity contribution in [3.05, 3.63) is 15.3 Å². The summed E-state index contributed by atoms with van der Waals surface area (Å²) in [5, 5.41) is 3.87. The fourth-order valence-electron chi connectivity index (χ4n) is 0.769. The topological polar surface area (TPSA) is 27.1 Å². The molecule has 8 heteroatoms. The van der Waals surface area contributed by atoms with Crippen molar-refractivity contribution in [1.82, 2.24) is 9.78 Å². The summed E-state index contributed by atoms with van der Waals surface area (Å²) >= 11 is 6.22. The molecule has 0 bridgehead atoms. The molecule has 0 radical (unpaired) electrons. The monoisotopic (exact) mass is 336 g/mol. The molecule has 1 rings (SSSR count). The zero-order valence-electron chi connectivity index (χ0n) is 6.68. The van der Waals surface area contributed by atoms with Crippen LogP contribution in [0.2, 0.25) is 0 Å². The molecule has 80 valence electrons. The van der Waals surface area contributed by atoms with Gasteiger partial charge in [-0.25, -0.2) is 0 Å². The molecule has 0 aliphatic rings. The average Bonchev–Trinajstić information content (AvgIpc) is 2.27. The van der Waals surface area contributed by atoms with Gasteiger partial charge in [-0.2, -0.15) is 5.10 Å². The van der Waals surface area contributed by atoms with Gasteiger partial charge in [-0.3, -0.25) is 9.42 Å². The van der Waals surface area contributed by atoms with Crippen LogP contribution < -0.4 is 0 Å². The number of hydrogen-bond acceptors (Lipinski definition) is 2. The Bertz CT molecular complexity index is 313. The first-order valence-corrected chi connectivity index (χ1v) is 5.06. The van der Waals surface area contributed by atoms with Crippen LogP contribution in [0.5, 0.6) is 0 Å². The smallest absolute Gasteiger partial charge is 0.290 e. The van der Waals surface area contributed by atoms with E-state index in [1.165, 1.54) is 4.68 Å². The van der Waals surface area contributed by atoms with Gasteiger partial charge >= 0.3 is 6.36 Å². The van der Waals surface area contributed by atoms with Gasteiger partial charge in [-0.15, -0.1) is 13.2 Å². The van der Waals surface area contributed by atoms with Crippen LogP contribution in [0.4, 0.5) is 13.2 Å². The number of alkyl halides is 3. The quantitative estimate of drug-likeness (QED) is 0.848. The largest absolute Gasteiger partial charge is 0.522 e. The summed E-state index contributed by atoms with van der Waals surface area (Å²) in [5.41, 5.74) is 0. The first-order valence-electron chi connectivity index (χ1n) is 3.48. The van der Waals surface area contributed by atoms with Crippen molar-refractivity contribution in [3.63, 3.8) is 0 Å². The van der Waals surface area contributed by atoms with Crippen LogP contribution in [0.15, 0.2) is 15.3 Å². The van der Waals surface area contributed by atoms with E-state index in [-0.39, 0.29) is 6.54 Å². The van der Waals surface area contributed by atoms with Gasteiger partial charge in [0.25, 0.3) is 0 Å². The van der Waals surface area contributed by atoms with Crippen molar-refractivity contribution in [1.29, 1.82) is 0 Å². The molecule has 0 amide bonds. The minimum atomic E-state index is -4.59. The highest BCUT2D eigenvalue weighted by molar-refractivity contribution is 9.11. The van der Waals surface area contributed by atoms with Gasteiger partial charge in [0.15, 0.2) is 0 Å². The second-order valence-corrected chi connectivity index (χ2v) is 3.93. The summed E-state index contributed by atoms with van der Waals surface area (Å²) in [7, 11) is 0. The Morgan fingerprint density at radius 2 is 2.07 bits per heavy atom. The molecule has 1 aromatic rings. The summed E-state index contributed by atoms with van der Waals surface area (Å²) in [4.78, 5) is 0. The maximum Gasteiger partial charge on any atom is 0.522 e. The Labute approximate surface area is 94.5 Å². The third-order valence-corrected chi connectivity index (χ3v) is 2.30. The second kappa shape index (κ2) is 4.63. The van der Waals surface area contributed by atoms with Crippen molar-refractivity contribution >= 4 is 31.9 Å². The Balaban J connectivity index is 2.42. The molecule has 0 spiro atoms. The lowest BCUT2D eigenvalue weighted by atomic mass is 10.7. The number of ether oxygens (including phenoxy) is 1. The van der Waals surface area contributed by atoms with Crippen LogP contribution in [0.1, 0.15) is 0 Å². The van der Waals surface area contributed by atoms with Crippen LogP contribution in [0, 0.1) is 0 Å². The number of nitrogens with zero attached hydrogens (tertiary/aromatic N) is 2. The van der Waals surface area contributed by atoms with Crippen LogP contribution >= 0.6 is 31.9 Å². The Morgan fingerprint density at radius 3 is 2.50 bits per heavy atom. The molecule has 0 aromatic carbocycles. The fourth-order valence-corrected chi connectivity index (χ4v) is 1.96. The van der Waals surface area contributed by atoms with Crippen molar-refractivity contribution in [2.45, 2.75) is 12.9 Å². The molecular weight excluding hydrogens is 333 g/mol. The van der Waals surface area contributed by atoms with Gasteiger partial charge in [0, 0.05) is 6.07 Å². The minimum absolute atomic E-state index is 0.0334. The van der Waals surface area contributed by atoms with E-state index >= 15 is 0 Å². The summed E-state index contributed by atoms with van der Waals surface area (Å²) in [5.74, 6) is 0. The SMILES string of the molecule is FC(F)(F)OCCn1nc(Br)cc1Br. The molecule has 0 saturated heterocycles. The van der Waals surface area contributed by atoms with Crippen molar-refractivity contribution in [2.75, 3.05) is 6.61 Å². The molecule has 0 fully saturated rings. The first-order chi connectivity index (χ1) is 6.38. The molecule has 3 nitrogen and oxygen atoms in total. The maximum absolute atomic E-state index is 11.6. The van der Waals surface area contributed by atoms with Crippen LogP contribution in [0.25, 0.3) is 0 Å². The lowest BCUT2D eigenvalue weighted by Gasteiger charge is -2.07. The Hall–Kier alpha value is -0.0800. The van der Waals surface area contributed by atoms with E-state index in [1.54, 1.807) is 6.07 Å². The van der Waals surface area contributed by atoms with Gasteiger partial charge in [0.1, 0.15) is 9.21 Å². The third kappa shape index (κ3) is 3.97. The highest BCUT2D eigenvalue weighted by Gasteiger charge is 2.28. The number of aromatic nitrogens is 2. The normalized spacial score (nSPS) is 12.1. The van der Waals surface area contributed by atoms with Crippen molar-refractivity contribution < 1.29 is 17.9 Å². The summed E-state index contributed by atoms with van der Waals surface area (Å²) in [6.45, 7) is -0.429. The molecule has 14 heavy (non-hydrogen) atoms. The Kier molecular flexibility index (Phi) is 3.96. The minimum Gasteiger partial charge on any atom is -0.290 e. The molecule has 1 heterocycles. The number of halogens is 5. The highest BCUT2D eigenvalue weighted by atomic mass is 79.9. The summed E-state index contributed by atoms with van der Waals surface area (Å²) < 4.78 is 40.9. The van der Waals surface area contributed by atoms with Gasteiger partial charge in [-0.05, 0) is 31.9 Å². The Morgan fingerprint density at radius 1 is 1.43 bits per heavy atom. The van der Waals surface area contributed by atoms with E-state index in [0.717, 1.165) is 0 Å². The van der Waals surface area contributed by atoms with E-state index in [2.05, 4.69) is 41.7 Å². The second-order valence-electron chi connectivity index (χ2n) is 2.31. The molecule has 0 aliphatic heterocycles. The highest BCUT2D eigenvalue weighted by Crippen LogP contribution is 2.18. The molecular formula is C6H5Br2F3N2O. The van der Waals surface area contributed by atoms with Crippen LogP contribution in [-0.4, -0.2) is 22.7 Å². The van der Waals surface area contributed by atoms with Crippen LogP contribution in [-0.2, 0) is 11.3 Å². The van der Waals surface area contributed by atoms with Crippen molar-refractivity contribution in [2.24, 2.45) is 0 Å². The average molecular weight is 338 g/mol. The molecule has 1 aromatic heterocycles. The lowest BCUT2D eigenvalue weighted by Crippen LogP contribution is -2.17. The fraction of sp³-hybridized carbons (Fsp3) is 0.500. The summed E-state index contributed by atoms with van der Waals surface area (Å²) in [6, 6.07) is 1.63. The van der Waals surface area contributed by atoms with E-state index in [1.807, 2.05) is 0 Å². The van der Waals surface area contributed by atoms with Crippen molar-refractivity contribution in [3.8, 4) is 0 Å². The van der Waals surface area contributed by atoms with E-state index < -0.39 is 13.0 Å². The molecule has 0 atom stereocenters. The molecule has 0 N–H and O–H groups in total. The third-order valence-electron chi connectivity index (χ3n) is 1.27. The standard InChI is InChI=1S/C6H5Br2F3N2O/c7-4-3-5(8)13(12-4)1-2-14-6(9,10)11/h3H,1-2H2. The zero-order valence-corrected chi connectivity index (χ0v) is 9.86. The predicted octanol–water partition coefficient (Wildman–Crippen LogP) is 2.94. The van der Waals surface area contributed by atoms with Gasteiger partial charge in [0.2, 0.25) is 0 Å². The number of rotatable bonds is 3. The van der Waals surface area contributed by atoms with E-state index in [0.29, 0.717) is 9.21 Å². The molecule has 0 aliphatic carbocycles. The first kappa shape index (κ1) is 12.0. The summed E-state index contributed by atoms with van der Waals surface area (Å²) in [6.07, 6.45) is -4.59. The number of hydrogen-bond donors (Lipinski definition) is 0. The van der Waals surface area contributed by atoms with Gasteiger partial charge < -0.3 is 0 Å². The molecule has 0 saturated carbocycles. The van der Waals surface area contributed by atoms with Gasteiger partial charge in [0.05, 0.1) is 13.2 Å². The zero-order chi connectivity index (χ0) is 10.8. The lowest BCUT2D eigenvalue weighted by molar-refractivity contribution is -0.325. The maximum atomic E-state index is 11.6. The van der Waals surface area contributed by atoms with Crippen LogP contribution in [0.3, 0.4) is 0 Å². The van der Waals surface area contributed by atoms with Gasteiger partial charge in [-0.1, -0.05) is 0 Å². The van der Waals surface area contributed by atoms with E-state index in [4.69, 9.17) is 0 Å². The molecule has 0 unspecified atom stereocenters. The van der Waals surface area contributed by atoms with E-state index in [9.17, 15) is 13.2 Å².